The number of benzene rings is 1. The second kappa shape index (κ2) is 7.57. The van der Waals surface area contributed by atoms with E-state index >= 15 is 0 Å². The Morgan fingerprint density at radius 1 is 0.963 bits per heavy atom. The summed E-state index contributed by atoms with van der Waals surface area (Å²) in [6.07, 6.45) is 10.0. The van der Waals surface area contributed by atoms with Crippen molar-refractivity contribution in [1.82, 2.24) is 30.0 Å². The number of hydrogen-bond acceptors (Lipinski definition) is 5. The monoisotopic (exact) mass is 356 g/mol. The fraction of sp³-hybridized carbons (Fsp3) is 0.0500. The number of rotatable bonds is 5. The second-order valence-electron chi connectivity index (χ2n) is 5.84. The molecule has 0 aliphatic carbocycles. The molecule has 7 heteroatoms. The zero-order valence-electron chi connectivity index (χ0n) is 14.4. The lowest BCUT2D eigenvalue weighted by Gasteiger charge is -2.07. The molecule has 1 N–H and O–H groups in total. The van der Waals surface area contributed by atoms with E-state index in [1.807, 2.05) is 48.7 Å². The third kappa shape index (κ3) is 3.87. The molecule has 27 heavy (non-hydrogen) atoms. The first-order valence-corrected chi connectivity index (χ1v) is 8.39. The van der Waals surface area contributed by atoms with E-state index < -0.39 is 0 Å². The lowest BCUT2D eigenvalue weighted by atomic mass is 10.2. The zero-order chi connectivity index (χ0) is 18.5. The van der Waals surface area contributed by atoms with Crippen molar-refractivity contribution in [1.29, 1.82) is 0 Å². The van der Waals surface area contributed by atoms with Crippen LogP contribution in [0.25, 0.3) is 17.1 Å². The molecule has 0 spiro atoms. The van der Waals surface area contributed by atoms with Crippen LogP contribution in [-0.2, 0) is 6.54 Å². The SMILES string of the molecule is O=C(NCc1ccc(-n2cccn2)cc1)c1cnc(-c2cccnc2)nc1. The van der Waals surface area contributed by atoms with Crippen LogP contribution in [0, 0.1) is 0 Å². The van der Waals surface area contributed by atoms with Gasteiger partial charge in [0.2, 0.25) is 0 Å². The van der Waals surface area contributed by atoms with Crippen LogP contribution in [-0.4, -0.2) is 30.6 Å². The van der Waals surface area contributed by atoms with Gasteiger partial charge in [-0.25, -0.2) is 14.6 Å². The normalized spacial score (nSPS) is 10.5. The van der Waals surface area contributed by atoms with E-state index in [-0.39, 0.29) is 5.91 Å². The summed E-state index contributed by atoms with van der Waals surface area (Å²) in [5.74, 6) is 0.317. The highest BCUT2D eigenvalue weighted by Gasteiger charge is 2.08. The van der Waals surface area contributed by atoms with Gasteiger partial charge in [0, 0.05) is 49.3 Å². The molecule has 3 heterocycles. The summed E-state index contributed by atoms with van der Waals surface area (Å²) in [4.78, 5) is 24.8. The van der Waals surface area contributed by atoms with E-state index in [0.717, 1.165) is 16.8 Å². The van der Waals surface area contributed by atoms with Crippen molar-refractivity contribution >= 4 is 5.91 Å². The van der Waals surface area contributed by atoms with Gasteiger partial charge in [-0.3, -0.25) is 9.78 Å². The molecular weight excluding hydrogens is 340 g/mol. The zero-order valence-corrected chi connectivity index (χ0v) is 14.4. The molecule has 3 aromatic heterocycles. The number of hydrogen-bond donors (Lipinski definition) is 1. The molecule has 4 aromatic rings. The second-order valence-corrected chi connectivity index (χ2v) is 5.84. The van der Waals surface area contributed by atoms with Crippen molar-refractivity contribution in [2.45, 2.75) is 6.54 Å². The number of amides is 1. The van der Waals surface area contributed by atoms with Crippen molar-refractivity contribution in [3.8, 4) is 17.1 Å². The Labute approximate surface area is 155 Å². The lowest BCUT2D eigenvalue weighted by molar-refractivity contribution is 0.0950. The van der Waals surface area contributed by atoms with E-state index in [2.05, 4.69) is 25.4 Å². The summed E-state index contributed by atoms with van der Waals surface area (Å²) in [7, 11) is 0. The molecule has 132 valence electrons. The first-order valence-electron chi connectivity index (χ1n) is 8.39. The van der Waals surface area contributed by atoms with Gasteiger partial charge in [0.15, 0.2) is 5.82 Å². The van der Waals surface area contributed by atoms with Crippen LogP contribution in [0.4, 0.5) is 0 Å². The van der Waals surface area contributed by atoms with Gasteiger partial charge < -0.3 is 5.32 Å². The summed E-state index contributed by atoms with van der Waals surface area (Å²) < 4.78 is 1.78. The maximum absolute atomic E-state index is 12.3. The Balaban J connectivity index is 1.38. The van der Waals surface area contributed by atoms with Gasteiger partial charge in [0.05, 0.1) is 11.3 Å². The largest absolute Gasteiger partial charge is 0.348 e. The minimum Gasteiger partial charge on any atom is -0.348 e. The molecule has 0 aliphatic heterocycles. The third-order valence-corrected chi connectivity index (χ3v) is 3.99. The average Bonchev–Trinajstić information content (AvgIpc) is 3.28. The minimum atomic E-state index is -0.219. The van der Waals surface area contributed by atoms with Crippen molar-refractivity contribution in [2.24, 2.45) is 0 Å². The summed E-state index contributed by atoms with van der Waals surface area (Å²) in [6.45, 7) is 0.419. The molecule has 0 bridgehead atoms. The lowest BCUT2D eigenvalue weighted by Crippen LogP contribution is -2.23. The van der Waals surface area contributed by atoms with Crippen LogP contribution in [0.2, 0.25) is 0 Å². The van der Waals surface area contributed by atoms with E-state index in [0.29, 0.717) is 17.9 Å². The molecule has 0 atom stereocenters. The highest BCUT2D eigenvalue weighted by Crippen LogP contribution is 2.12. The van der Waals surface area contributed by atoms with E-state index in [1.54, 1.807) is 23.3 Å². The van der Waals surface area contributed by atoms with Gasteiger partial charge in [-0.05, 0) is 35.9 Å². The number of carbonyl (C=O) groups is 1. The summed E-state index contributed by atoms with van der Waals surface area (Å²) in [5, 5.41) is 7.06. The number of nitrogens with zero attached hydrogens (tertiary/aromatic N) is 5. The van der Waals surface area contributed by atoms with Crippen LogP contribution in [0.1, 0.15) is 15.9 Å². The van der Waals surface area contributed by atoms with Crippen LogP contribution in [0.15, 0.2) is 79.6 Å². The summed E-state index contributed by atoms with van der Waals surface area (Å²) in [6, 6.07) is 13.4. The van der Waals surface area contributed by atoms with Crippen molar-refractivity contribution < 1.29 is 4.79 Å². The fourth-order valence-electron chi connectivity index (χ4n) is 2.56. The van der Waals surface area contributed by atoms with Gasteiger partial charge in [-0.2, -0.15) is 5.10 Å². The average molecular weight is 356 g/mol. The Morgan fingerprint density at radius 3 is 2.44 bits per heavy atom. The maximum Gasteiger partial charge on any atom is 0.254 e. The van der Waals surface area contributed by atoms with Crippen LogP contribution in [0.5, 0.6) is 0 Å². The molecule has 0 saturated carbocycles. The molecule has 1 amide bonds. The van der Waals surface area contributed by atoms with E-state index in [4.69, 9.17) is 0 Å². The van der Waals surface area contributed by atoms with Crippen LogP contribution < -0.4 is 5.32 Å². The number of pyridine rings is 1. The van der Waals surface area contributed by atoms with Gasteiger partial charge in [0.25, 0.3) is 5.91 Å². The molecule has 0 fully saturated rings. The predicted molar refractivity (Wildman–Crippen MR) is 100.0 cm³/mol. The van der Waals surface area contributed by atoms with Gasteiger partial charge in [0.1, 0.15) is 0 Å². The highest BCUT2D eigenvalue weighted by molar-refractivity contribution is 5.93. The Morgan fingerprint density at radius 2 is 1.78 bits per heavy atom. The molecule has 1 aromatic carbocycles. The molecule has 0 unspecified atom stereocenters. The van der Waals surface area contributed by atoms with Crippen molar-refractivity contribution in [2.75, 3.05) is 0 Å². The van der Waals surface area contributed by atoms with Crippen LogP contribution in [0.3, 0.4) is 0 Å². The quantitative estimate of drug-likeness (QED) is 0.594. The summed E-state index contributed by atoms with van der Waals surface area (Å²) >= 11 is 0. The van der Waals surface area contributed by atoms with Gasteiger partial charge in [-0.15, -0.1) is 0 Å². The standard InChI is InChI=1S/C20H16N6O/c27-20(17-13-22-19(23-14-17)16-3-1-8-21-12-16)24-11-15-4-6-18(7-5-15)26-10-2-9-25-26/h1-10,12-14H,11H2,(H,24,27). The highest BCUT2D eigenvalue weighted by atomic mass is 16.1. The Bertz CT molecular complexity index is 1010. The smallest absolute Gasteiger partial charge is 0.254 e. The summed E-state index contributed by atoms with van der Waals surface area (Å²) in [5.41, 5.74) is 3.18. The van der Waals surface area contributed by atoms with E-state index in [9.17, 15) is 4.79 Å². The molecule has 7 nitrogen and oxygen atoms in total. The minimum absolute atomic E-state index is 0.219. The molecule has 0 saturated heterocycles. The topological polar surface area (TPSA) is 85.6 Å². The molecule has 0 radical (unpaired) electrons. The number of carbonyl (C=O) groups excluding carboxylic acids is 1. The van der Waals surface area contributed by atoms with Gasteiger partial charge in [-0.1, -0.05) is 12.1 Å². The first kappa shape index (κ1) is 16.6. The Kier molecular flexibility index (Phi) is 4.65. The number of aromatic nitrogens is 5. The first-order chi connectivity index (χ1) is 13.3. The Hall–Kier alpha value is -3.87. The van der Waals surface area contributed by atoms with Crippen LogP contribution >= 0.6 is 0 Å². The maximum atomic E-state index is 12.3. The molecule has 0 aliphatic rings. The fourth-order valence-corrected chi connectivity index (χ4v) is 2.56. The van der Waals surface area contributed by atoms with Crippen molar-refractivity contribution in [3.63, 3.8) is 0 Å². The van der Waals surface area contributed by atoms with Gasteiger partial charge >= 0.3 is 0 Å². The van der Waals surface area contributed by atoms with E-state index in [1.165, 1.54) is 12.4 Å². The molecular formula is C20H16N6O. The number of nitrogens with one attached hydrogen (secondary N) is 1. The predicted octanol–water partition coefficient (Wildman–Crippen LogP) is 2.65. The third-order valence-electron chi connectivity index (χ3n) is 3.99. The van der Waals surface area contributed by atoms with Crippen molar-refractivity contribution in [3.05, 3.63) is 90.8 Å². The molecule has 4 rings (SSSR count).